The average molecular weight is 643 g/mol. The van der Waals surface area contributed by atoms with Crippen LogP contribution in [0.25, 0.3) is 60.2 Å². The molecule has 0 bridgehead atoms. The molecule has 50 heavy (non-hydrogen) atoms. The summed E-state index contributed by atoms with van der Waals surface area (Å²) in [6, 6.07) is 64.2. The van der Waals surface area contributed by atoms with Gasteiger partial charge < -0.3 is 9.47 Å². The van der Waals surface area contributed by atoms with Gasteiger partial charge >= 0.3 is 0 Å². The minimum atomic E-state index is -0.00838. The number of benzene rings is 8. The molecule has 0 spiro atoms. The summed E-state index contributed by atoms with van der Waals surface area (Å²) in [6.07, 6.45) is 0. The maximum atomic E-state index is 2.46. The molecular weight excluding hydrogens is 605 g/mol. The van der Waals surface area contributed by atoms with E-state index < -0.39 is 0 Å². The number of nitrogens with zero attached hydrogens (tertiary/aromatic N) is 2. The molecule has 0 fully saturated rings. The molecule has 0 saturated heterocycles. The summed E-state index contributed by atoms with van der Waals surface area (Å²) < 4.78 is 2.39. The summed E-state index contributed by atoms with van der Waals surface area (Å²) in [4.78, 5) is 2.46. The van der Waals surface area contributed by atoms with Crippen molar-refractivity contribution in [2.45, 2.75) is 26.2 Å². The third-order valence-electron chi connectivity index (χ3n) is 10.1. The van der Waals surface area contributed by atoms with Crippen LogP contribution in [-0.4, -0.2) is 4.57 Å². The first-order valence-electron chi connectivity index (χ1n) is 17.5. The van der Waals surface area contributed by atoms with Crippen LogP contribution in [0.4, 0.5) is 17.1 Å². The molecule has 0 aliphatic carbocycles. The predicted molar refractivity (Wildman–Crippen MR) is 215 cm³/mol. The van der Waals surface area contributed by atoms with E-state index in [-0.39, 0.29) is 5.41 Å². The summed E-state index contributed by atoms with van der Waals surface area (Å²) in [5, 5.41) is 7.49. The number of aromatic nitrogens is 1. The Morgan fingerprint density at radius 1 is 0.420 bits per heavy atom. The summed E-state index contributed by atoms with van der Waals surface area (Å²) in [7, 11) is 0. The zero-order valence-corrected chi connectivity index (χ0v) is 28.6. The standard InChI is InChI=1S/C48H38N2/c1-48(2,3)34-26-31-41-43(32-34)47(42-23-11-10-22-40(42)46(41)33-16-6-4-7-17-33)49(35-18-8-5-9-19-35)36-27-29-37(30-28-36)50-44-24-14-12-20-38(44)39-21-13-15-25-45(39)50/h4-32H,1-3H3. The van der Waals surface area contributed by atoms with Crippen molar-refractivity contribution in [1.29, 1.82) is 0 Å². The zero-order chi connectivity index (χ0) is 33.8. The van der Waals surface area contributed by atoms with Crippen LogP contribution >= 0.6 is 0 Å². The van der Waals surface area contributed by atoms with Crippen LogP contribution in [0, 0.1) is 0 Å². The van der Waals surface area contributed by atoms with Gasteiger partial charge in [0.1, 0.15) is 0 Å². The van der Waals surface area contributed by atoms with Gasteiger partial charge in [0.2, 0.25) is 0 Å². The highest BCUT2D eigenvalue weighted by Crippen LogP contribution is 2.49. The average Bonchev–Trinajstić information content (AvgIpc) is 3.49. The van der Waals surface area contributed by atoms with Crippen molar-refractivity contribution in [3.05, 3.63) is 181 Å². The molecule has 0 radical (unpaired) electrons. The van der Waals surface area contributed by atoms with Crippen molar-refractivity contribution in [2.24, 2.45) is 0 Å². The van der Waals surface area contributed by atoms with Gasteiger partial charge in [-0.15, -0.1) is 0 Å². The summed E-state index contributed by atoms with van der Waals surface area (Å²) in [5.41, 5.74) is 10.8. The monoisotopic (exact) mass is 642 g/mol. The maximum Gasteiger partial charge on any atom is 0.0618 e. The lowest BCUT2D eigenvalue weighted by molar-refractivity contribution is 0.591. The molecule has 1 aromatic heterocycles. The minimum Gasteiger partial charge on any atom is -0.309 e. The predicted octanol–water partition coefficient (Wildman–Crippen LogP) is 13.5. The highest BCUT2D eigenvalue weighted by Gasteiger charge is 2.24. The Labute approximate surface area is 293 Å². The van der Waals surface area contributed by atoms with E-state index in [9.17, 15) is 0 Å². The van der Waals surface area contributed by atoms with E-state index in [4.69, 9.17) is 0 Å². The molecule has 0 N–H and O–H groups in total. The fraction of sp³-hybridized carbons (Fsp3) is 0.0833. The lowest BCUT2D eigenvalue weighted by Crippen LogP contribution is -2.13. The first-order valence-corrected chi connectivity index (χ1v) is 17.5. The Balaban J connectivity index is 1.33. The third kappa shape index (κ3) is 4.87. The largest absolute Gasteiger partial charge is 0.309 e. The molecule has 240 valence electrons. The summed E-state index contributed by atoms with van der Waals surface area (Å²) >= 11 is 0. The fourth-order valence-electron chi connectivity index (χ4n) is 7.72. The Bertz CT molecular complexity index is 2610. The van der Waals surface area contributed by atoms with Gasteiger partial charge in [-0.2, -0.15) is 0 Å². The van der Waals surface area contributed by atoms with E-state index >= 15 is 0 Å². The Kier molecular flexibility index (Phi) is 7.07. The van der Waals surface area contributed by atoms with E-state index in [1.807, 2.05) is 0 Å². The first-order chi connectivity index (χ1) is 24.5. The Morgan fingerprint density at radius 2 is 0.920 bits per heavy atom. The normalized spacial score (nSPS) is 11.9. The molecular formula is C48H38N2. The Morgan fingerprint density at radius 3 is 1.54 bits per heavy atom. The molecule has 0 amide bonds. The van der Waals surface area contributed by atoms with Crippen LogP contribution < -0.4 is 4.90 Å². The van der Waals surface area contributed by atoms with Crippen LogP contribution in [0.2, 0.25) is 0 Å². The van der Waals surface area contributed by atoms with E-state index in [2.05, 4.69) is 206 Å². The fourth-order valence-corrected chi connectivity index (χ4v) is 7.72. The highest BCUT2D eigenvalue weighted by atomic mass is 15.1. The van der Waals surface area contributed by atoms with Crippen molar-refractivity contribution >= 4 is 60.4 Å². The molecule has 0 saturated carbocycles. The van der Waals surface area contributed by atoms with E-state index in [0.29, 0.717) is 0 Å². The molecule has 0 unspecified atom stereocenters. The van der Waals surface area contributed by atoms with Crippen molar-refractivity contribution in [2.75, 3.05) is 4.90 Å². The van der Waals surface area contributed by atoms with Crippen molar-refractivity contribution in [3.8, 4) is 16.8 Å². The molecule has 1 heterocycles. The second kappa shape index (κ2) is 11.8. The highest BCUT2D eigenvalue weighted by molar-refractivity contribution is 6.22. The molecule has 2 nitrogen and oxygen atoms in total. The van der Waals surface area contributed by atoms with Crippen LogP contribution in [0.5, 0.6) is 0 Å². The minimum absolute atomic E-state index is 0.00838. The van der Waals surface area contributed by atoms with Gasteiger partial charge in [-0.05, 0) is 87.5 Å². The topological polar surface area (TPSA) is 8.17 Å². The lowest BCUT2D eigenvalue weighted by Gasteiger charge is -2.30. The zero-order valence-electron chi connectivity index (χ0n) is 28.6. The SMILES string of the molecule is CC(C)(C)c1ccc2c(-c3ccccc3)c3ccccc3c(N(c3ccccc3)c3ccc(-n4c5ccccc5c5ccccc54)cc3)c2c1. The van der Waals surface area contributed by atoms with Crippen LogP contribution in [0.3, 0.4) is 0 Å². The summed E-state index contributed by atoms with van der Waals surface area (Å²) in [5.74, 6) is 0. The van der Waals surface area contributed by atoms with Crippen molar-refractivity contribution < 1.29 is 0 Å². The van der Waals surface area contributed by atoms with Gasteiger partial charge in [0.05, 0.1) is 16.7 Å². The number of fused-ring (bicyclic) bond motifs is 5. The van der Waals surface area contributed by atoms with E-state index in [1.165, 1.54) is 65.7 Å². The van der Waals surface area contributed by atoms with Gasteiger partial charge in [-0.3, -0.25) is 0 Å². The Hall–Kier alpha value is -6.12. The van der Waals surface area contributed by atoms with Gasteiger partial charge in [0.25, 0.3) is 0 Å². The van der Waals surface area contributed by atoms with Gasteiger partial charge in [-0.25, -0.2) is 0 Å². The number of anilines is 3. The number of rotatable bonds is 5. The second-order valence-corrected chi connectivity index (χ2v) is 14.2. The molecule has 9 rings (SSSR count). The number of hydrogen-bond donors (Lipinski definition) is 0. The van der Waals surface area contributed by atoms with Crippen LogP contribution in [0.1, 0.15) is 26.3 Å². The molecule has 9 aromatic rings. The smallest absolute Gasteiger partial charge is 0.0618 e. The third-order valence-corrected chi connectivity index (χ3v) is 10.1. The maximum absolute atomic E-state index is 2.46. The number of hydrogen-bond acceptors (Lipinski definition) is 1. The van der Waals surface area contributed by atoms with E-state index in [1.54, 1.807) is 0 Å². The van der Waals surface area contributed by atoms with Crippen LogP contribution in [0.15, 0.2) is 176 Å². The quantitative estimate of drug-likeness (QED) is 0.170. The molecule has 8 aromatic carbocycles. The number of para-hydroxylation sites is 3. The van der Waals surface area contributed by atoms with Crippen LogP contribution in [-0.2, 0) is 5.41 Å². The second-order valence-electron chi connectivity index (χ2n) is 14.2. The lowest BCUT2D eigenvalue weighted by atomic mass is 9.83. The molecule has 0 aliphatic heterocycles. The summed E-state index contributed by atoms with van der Waals surface area (Å²) in [6.45, 7) is 6.90. The van der Waals surface area contributed by atoms with Gasteiger partial charge in [-0.1, -0.05) is 142 Å². The molecule has 2 heteroatoms. The van der Waals surface area contributed by atoms with Crippen molar-refractivity contribution in [3.63, 3.8) is 0 Å². The van der Waals surface area contributed by atoms with E-state index in [0.717, 1.165) is 17.1 Å². The van der Waals surface area contributed by atoms with Crippen molar-refractivity contribution in [1.82, 2.24) is 4.57 Å². The first kappa shape index (κ1) is 30.0. The molecule has 0 atom stereocenters. The molecule has 0 aliphatic rings. The van der Waals surface area contributed by atoms with Gasteiger partial charge in [0, 0.05) is 38.6 Å². The van der Waals surface area contributed by atoms with Gasteiger partial charge in [0.15, 0.2) is 0 Å².